The van der Waals surface area contributed by atoms with E-state index in [1.807, 2.05) is 0 Å². The van der Waals surface area contributed by atoms with Gasteiger partial charge in [0.15, 0.2) is 0 Å². The van der Waals surface area contributed by atoms with Gasteiger partial charge in [-0.2, -0.15) is 0 Å². The fourth-order valence-corrected chi connectivity index (χ4v) is 2.16. The van der Waals surface area contributed by atoms with Gasteiger partial charge in [0.05, 0.1) is 6.61 Å². The molecule has 0 aromatic carbocycles. The van der Waals surface area contributed by atoms with E-state index in [4.69, 9.17) is 10.5 Å². The molecular weight excluding hydrogens is 288 g/mol. The molecule has 2 amide bonds. The second-order valence-corrected chi connectivity index (χ2v) is 6.63. The molecule has 0 aliphatic rings. The highest BCUT2D eigenvalue weighted by Gasteiger charge is 2.35. The molecule has 0 heterocycles. The summed E-state index contributed by atoms with van der Waals surface area (Å²) in [7, 11) is 0. The molecule has 7 heteroatoms. The zero-order chi connectivity index (χ0) is 17.5. The van der Waals surface area contributed by atoms with Crippen LogP contribution < -0.4 is 5.73 Å². The van der Waals surface area contributed by atoms with Gasteiger partial charge >= 0.3 is 18.0 Å². The molecule has 128 valence electrons. The smallest absolute Gasteiger partial charge is 0.326 e. The Balaban J connectivity index is 5.09. The van der Waals surface area contributed by atoms with E-state index in [9.17, 15) is 19.5 Å². The minimum absolute atomic E-state index is 0.0516. The molecule has 0 saturated carbocycles. The number of nitrogens with zero attached hydrogens (tertiary/aromatic N) is 1. The van der Waals surface area contributed by atoms with Crippen molar-refractivity contribution < 1.29 is 24.2 Å². The number of carbonyl (C=O) groups is 3. The lowest BCUT2D eigenvalue weighted by Gasteiger charge is -2.32. The first-order valence-corrected chi connectivity index (χ1v) is 7.44. The van der Waals surface area contributed by atoms with Crippen LogP contribution in [0, 0.1) is 11.3 Å². The molecule has 0 unspecified atom stereocenters. The van der Waals surface area contributed by atoms with Gasteiger partial charge in [-0.15, -0.1) is 0 Å². The highest BCUT2D eigenvalue weighted by molar-refractivity contribution is 5.85. The summed E-state index contributed by atoms with van der Waals surface area (Å²) < 4.78 is 4.77. The molecule has 0 aromatic rings. The van der Waals surface area contributed by atoms with Crippen molar-refractivity contribution in [2.24, 2.45) is 17.1 Å². The Morgan fingerprint density at radius 1 is 1.27 bits per heavy atom. The van der Waals surface area contributed by atoms with Crippen molar-refractivity contribution in [3.63, 3.8) is 0 Å². The fourth-order valence-electron chi connectivity index (χ4n) is 2.16. The Kier molecular flexibility index (Phi) is 7.90. The predicted molar refractivity (Wildman–Crippen MR) is 82.2 cm³/mol. The van der Waals surface area contributed by atoms with E-state index in [0.717, 1.165) is 11.3 Å². The molecule has 0 fully saturated rings. The largest absolute Gasteiger partial charge is 0.480 e. The van der Waals surface area contributed by atoms with E-state index in [1.54, 1.807) is 13.8 Å². The Morgan fingerprint density at radius 2 is 1.82 bits per heavy atom. The molecule has 0 radical (unpaired) electrons. The Bertz CT molecular complexity index is 403. The van der Waals surface area contributed by atoms with Crippen LogP contribution in [0.2, 0.25) is 0 Å². The van der Waals surface area contributed by atoms with Gasteiger partial charge in [-0.1, -0.05) is 27.7 Å². The van der Waals surface area contributed by atoms with E-state index in [2.05, 4.69) is 20.8 Å². The second-order valence-electron chi connectivity index (χ2n) is 6.63. The van der Waals surface area contributed by atoms with Crippen molar-refractivity contribution in [1.29, 1.82) is 0 Å². The topological polar surface area (TPSA) is 110 Å². The van der Waals surface area contributed by atoms with Crippen LogP contribution in [0.4, 0.5) is 4.79 Å². The maximum Gasteiger partial charge on any atom is 0.326 e. The van der Waals surface area contributed by atoms with E-state index < -0.39 is 30.6 Å². The number of carbonyl (C=O) groups excluding carboxylic acids is 2. The number of ether oxygens (including phenoxy) is 1. The third-order valence-electron chi connectivity index (χ3n) is 3.37. The number of hydrogen-bond donors (Lipinski definition) is 2. The molecule has 0 bridgehead atoms. The Morgan fingerprint density at radius 3 is 2.18 bits per heavy atom. The summed E-state index contributed by atoms with van der Waals surface area (Å²) in [5.41, 5.74) is 5.31. The average molecular weight is 316 g/mol. The number of nitrogens with two attached hydrogens (primary N) is 1. The van der Waals surface area contributed by atoms with Crippen LogP contribution in [0.3, 0.4) is 0 Å². The SMILES string of the molecule is CCOC(=O)CN(C(N)=O)[C@H](C(=O)O)[C@@H](C)CCC(C)(C)C. The van der Waals surface area contributed by atoms with Gasteiger partial charge < -0.3 is 15.6 Å². The van der Waals surface area contributed by atoms with Crippen molar-refractivity contribution in [3.05, 3.63) is 0 Å². The zero-order valence-electron chi connectivity index (χ0n) is 14.1. The Labute approximate surface area is 131 Å². The summed E-state index contributed by atoms with van der Waals surface area (Å²) >= 11 is 0. The summed E-state index contributed by atoms with van der Waals surface area (Å²) in [6.45, 7) is 9.24. The van der Waals surface area contributed by atoms with Crippen LogP contribution in [0.1, 0.15) is 47.5 Å². The number of esters is 1. The van der Waals surface area contributed by atoms with Crippen molar-refractivity contribution in [1.82, 2.24) is 4.90 Å². The molecule has 3 N–H and O–H groups in total. The van der Waals surface area contributed by atoms with Crippen LogP contribution in [0.15, 0.2) is 0 Å². The second kappa shape index (κ2) is 8.60. The van der Waals surface area contributed by atoms with Gasteiger partial charge in [-0.25, -0.2) is 9.59 Å². The van der Waals surface area contributed by atoms with Gasteiger partial charge in [0.2, 0.25) is 0 Å². The maximum atomic E-state index is 11.6. The number of amides is 2. The minimum atomic E-state index is -1.18. The molecule has 0 saturated heterocycles. The molecule has 0 aliphatic carbocycles. The first kappa shape index (κ1) is 20.2. The van der Waals surface area contributed by atoms with E-state index in [0.29, 0.717) is 6.42 Å². The van der Waals surface area contributed by atoms with Crippen molar-refractivity contribution in [2.45, 2.75) is 53.5 Å². The molecule has 0 rings (SSSR count). The third-order valence-corrected chi connectivity index (χ3v) is 3.37. The lowest BCUT2D eigenvalue weighted by molar-refractivity contribution is -0.148. The zero-order valence-corrected chi connectivity index (χ0v) is 14.1. The van der Waals surface area contributed by atoms with Crippen molar-refractivity contribution in [3.8, 4) is 0 Å². The van der Waals surface area contributed by atoms with E-state index >= 15 is 0 Å². The summed E-state index contributed by atoms with van der Waals surface area (Å²) in [4.78, 5) is 35.5. The molecular formula is C15H28N2O5. The molecule has 22 heavy (non-hydrogen) atoms. The molecule has 0 aliphatic heterocycles. The van der Waals surface area contributed by atoms with Gasteiger partial charge in [-0.3, -0.25) is 9.69 Å². The Hall–Kier alpha value is -1.79. The highest BCUT2D eigenvalue weighted by atomic mass is 16.5. The van der Waals surface area contributed by atoms with Gasteiger partial charge in [0.1, 0.15) is 12.6 Å². The first-order valence-electron chi connectivity index (χ1n) is 7.44. The number of urea groups is 1. The standard InChI is InChI=1S/C15H28N2O5/c1-6-22-11(18)9-17(14(16)21)12(13(19)20)10(2)7-8-15(3,4)5/h10,12H,6-9H2,1-5H3,(H2,16,21)(H,19,20)/t10-,12-/m0/s1. The van der Waals surface area contributed by atoms with Crippen LogP contribution in [-0.4, -0.2) is 47.2 Å². The third kappa shape index (κ3) is 7.28. The summed E-state index contributed by atoms with van der Waals surface area (Å²) in [5, 5.41) is 9.43. The van der Waals surface area contributed by atoms with Crippen LogP contribution in [0.25, 0.3) is 0 Å². The highest BCUT2D eigenvalue weighted by Crippen LogP contribution is 2.26. The molecule has 7 nitrogen and oxygen atoms in total. The molecule has 2 atom stereocenters. The van der Waals surface area contributed by atoms with Crippen LogP contribution in [-0.2, 0) is 14.3 Å². The normalized spacial score (nSPS) is 14.0. The summed E-state index contributed by atoms with van der Waals surface area (Å²) in [6.07, 6.45) is 1.40. The quantitative estimate of drug-likeness (QED) is 0.664. The lowest BCUT2D eigenvalue weighted by atomic mass is 9.84. The maximum absolute atomic E-state index is 11.6. The summed E-state index contributed by atoms with van der Waals surface area (Å²) in [5.74, 6) is -2.18. The van der Waals surface area contributed by atoms with E-state index in [-0.39, 0.29) is 17.9 Å². The summed E-state index contributed by atoms with van der Waals surface area (Å²) in [6, 6.07) is -2.09. The lowest BCUT2D eigenvalue weighted by Crippen LogP contribution is -2.53. The van der Waals surface area contributed by atoms with Gasteiger partial charge in [0, 0.05) is 0 Å². The molecule has 0 spiro atoms. The average Bonchev–Trinajstić information content (AvgIpc) is 2.34. The number of hydrogen-bond acceptors (Lipinski definition) is 4. The monoisotopic (exact) mass is 316 g/mol. The van der Waals surface area contributed by atoms with Gasteiger partial charge in [-0.05, 0) is 31.1 Å². The molecule has 0 aromatic heterocycles. The number of carboxylic acids is 1. The number of carboxylic acid groups (broad SMARTS) is 1. The predicted octanol–water partition coefficient (Wildman–Crippen LogP) is 1.85. The first-order chi connectivity index (χ1) is 9.99. The van der Waals surface area contributed by atoms with Crippen LogP contribution in [0.5, 0.6) is 0 Å². The number of primary amides is 1. The fraction of sp³-hybridized carbons (Fsp3) is 0.800. The number of aliphatic carboxylic acids is 1. The van der Waals surface area contributed by atoms with Crippen LogP contribution >= 0.6 is 0 Å². The number of rotatable bonds is 8. The minimum Gasteiger partial charge on any atom is -0.480 e. The van der Waals surface area contributed by atoms with Gasteiger partial charge in [0.25, 0.3) is 0 Å². The van der Waals surface area contributed by atoms with E-state index in [1.165, 1.54) is 0 Å². The van der Waals surface area contributed by atoms with Crippen molar-refractivity contribution >= 4 is 18.0 Å². The van der Waals surface area contributed by atoms with Crippen molar-refractivity contribution in [2.75, 3.05) is 13.2 Å².